The summed E-state index contributed by atoms with van der Waals surface area (Å²) in [5.74, 6) is 0.112. The molecule has 1 aliphatic rings. The van der Waals surface area contributed by atoms with Crippen molar-refractivity contribution in [2.24, 2.45) is 5.41 Å². The number of hydrogen-bond acceptors (Lipinski definition) is 2. The minimum absolute atomic E-state index is 0.112. The number of carbonyl (C=O) groups is 1. The summed E-state index contributed by atoms with van der Waals surface area (Å²) in [6.07, 6.45) is 4.16. The van der Waals surface area contributed by atoms with Gasteiger partial charge in [0.1, 0.15) is 0 Å². The number of halogens is 1. The van der Waals surface area contributed by atoms with Crippen LogP contribution in [-0.2, 0) is 11.2 Å². The molecule has 1 aromatic carbocycles. The van der Waals surface area contributed by atoms with E-state index in [1.807, 2.05) is 31.3 Å². The van der Waals surface area contributed by atoms with Gasteiger partial charge in [0.25, 0.3) is 0 Å². The SMILES string of the molecule is CNCC1(CNC(=O)Cc2cccc(Br)c2)CCC1. The summed E-state index contributed by atoms with van der Waals surface area (Å²) in [4.78, 5) is 12.0. The summed E-state index contributed by atoms with van der Waals surface area (Å²) in [6, 6.07) is 7.90. The number of nitrogens with one attached hydrogen (secondary N) is 2. The van der Waals surface area contributed by atoms with Crippen molar-refractivity contribution in [3.8, 4) is 0 Å². The van der Waals surface area contributed by atoms with E-state index in [1.165, 1.54) is 19.3 Å². The van der Waals surface area contributed by atoms with Crippen molar-refractivity contribution in [2.45, 2.75) is 25.7 Å². The Morgan fingerprint density at radius 2 is 2.16 bits per heavy atom. The fourth-order valence-corrected chi connectivity index (χ4v) is 3.10. The molecule has 1 amide bonds. The van der Waals surface area contributed by atoms with Crippen LogP contribution in [0.15, 0.2) is 28.7 Å². The second-order valence-corrected chi connectivity index (χ2v) is 6.38. The number of carbonyl (C=O) groups excluding carboxylic acids is 1. The van der Waals surface area contributed by atoms with Crippen LogP contribution in [0.2, 0.25) is 0 Å². The number of rotatable bonds is 6. The van der Waals surface area contributed by atoms with Gasteiger partial charge in [0.15, 0.2) is 0 Å². The molecule has 0 atom stereocenters. The third-order valence-corrected chi connectivity index (χ3v) is 4.37. The summed E-state index contributed by atoms with van der Waals surface area (Å²) in [6.45, 7) is 1.78. The van der Waals surface area contributed by atoms with Crippen molar-refractivity contribution < 1.29 is 4.79 Å². The smallest absolute Gasteiger partial charge is 0.224 e. The predicted molar refractivity (Wildman–Crippen MR) is 81.1 cm³/mol. The van der Waals surface area contributed by atoms with E-state index in [0.717, 1.165) is 23.1 Å². The lowest BCUT2D eigenvalue weighted by atomic mass is 9.68. The third-order valence-electron chi connectivity index (χ3n) is 3.88. The van der Waals surface area contributed by atoms with Crippen LogP contribution in [0, 0.1) is 5.41 Å². The lowest BCUT2D eigenvalue weighted by Crippen LogP contribution is -2.47. The van der Waals surface area contributed by atoms with Crippen LogP contribution >= 0.6 is 15.9 Å². The molecule has 0 spiro atoms. The molecule has 1 aromatic rings. The highest BCUT2D eigenvalue weighted by Gasteiger charge is 2.36. The van der Waals surface area contributed by atoms with Crippen molar-refractivity contribution in [3.63, 3.8) is 0 Å². The van der Waals surface area contributed by atoms with Crippen molar-refractivity contribution in [2.75, 3.05) is 20.1 Å². The van der Waals surface area contributed by atoms with Gasteiger partial charge in [0, 0.05) is 23.0 Å². The molecule has 0 aromatic heterocycles. The molecular weight excluding hydrogens is 304 g/mol. The average molecular weight is 325 g/mol. The normalized spacial score (nSPS) is 16.7. The number of benzene rings is 1. The lowest BCUT2D eigenvalue weighted by molar-refractivity contribution is -0.121. The molecule has 104 valence electrons. The molecule has 2 N–H and O–H groups in total. The van der Waals surface area contributed by atoms with Gasteiger partial charge in [-0.25, -0.2) is 0 Å². The molecular formula is C15H21BrN2O. The summed E-state index contributed by atoms with van der Waals surface area (Å²) in [7, 11) is 1.98. The van der Waals surface area contributed by atoms with Crippen LogP contribution < -0.4 is 10.6 Å². The molecule has 1 saturated carbocycles. The van der Waals surface area contributed by atoms with Crippen molar-refractivity contribution in [1.29, 1.82) is 0 Å². The van der Waals surface area contributed by atoms with Crippen LogP contribution in [0.4, 0.5) is 0 Å². The Labute approximate surface area is 123 Å². The van der Waals surface area contributed by atoms with Gasteiger partial charge < -0.3 is 10.6 Å². The Bertz CT molecular complexity index is 444. The molecule has 19 heavy (non-hydrogen) atoms. The zero-order chi connectivity index (χ0) is 13.7. The van der Waals surface area contributed by atoms with E-state index >= 15 is 0 Å². The number of hydrogen-bond donors (Lipinski definition) is 2. The topological polar surface area (TPSA) is 41.1 Å². The molecule has 1 aliphatic carbocycles. The maximum Gasteiger partial charge on any atom is 0.224 e. The second kappa shape index (κ2) is 6.53. The molecule has 4 heteroatoms. The zero-order valence-corrected chi connectivity index (χ0v) is 12.9. The van der Waals surface area contributed by atoms with Crippen LogP contribution in [-0.4, -0.2) is 26.0 Å². The fourth-order valence-electron chi connectivity index (χ4n) is 2.65. The van der Waals surface area contributed by atoms with Gasteiger partial charge in [0.05, 0.1) is 6.42 Å². The van der Waals surface area contributed by atoms with E-state index in [1.54, 1.807) is 0 Å². The minimum atomic E-state index is 0.112. The molecule has 3 nitrogen and oxygen atoms in total. The summed E-state index contributed by atoms with van der Waals surface area (Å²) >= 11 is 3.42. The lowest BCUT2D eigenvalue weighted by Gasteiger charge is -2.42. The molecule has 0 heterocycles. The zero-order valence-electron chi connectivity index (χ0n) is 11.3. The average Bonchev–Trinajstić information content (AvgIpc) is 2.32. The molecule has 2 rings (SSSR count). The quantitative estimate of drug-likeness (QED) is 0.844. The first-order chi connectivity index (χ1) is 9.13. The van der Waals surface area contributed by atoms with Gasteiger partial charge in [-0.3, -0.25) is 4.79 Å². The Balaban J connectivity index is 1.81. The van der Waals surface area contributed by atoms with Crippen molar-refractivity contribution in [1.82, 2.24) is 10.6 Å². The van der Waals surface area contributed by atoms with E-state index in [0.29, 0.717) is 11.8 Å². The van der Waals surface area contributed by atoms with Gasteiger partial charge >= 0.3 is 0 Å². The summed E-state index contributed by atoms with van der Waals surface area (Å²) in [5.41, 5.74) is 1.34. The van der Waals surface area contributed by atoms with Crippen LogP contribution in [0.5, 0.6) is 0 Å². The second-order valence-electron chi connectivity index (χ2n) is 5.47. The fraction of sp³-hybridized carbons (Fsp3) is 0.533. The van der Waals surface area contributed by atoms with Gasteiger partial charge in [-0.2, -0.15) is 0 Å². The first-order valence-electron chi connectivity index (χ1n) is 6.79. The highest BCUT2D eigenvalue weighted by Crippen LogP contribution is 2.39. The van der Waals surface area contributed by atoms with Crippen LogP contribution in [0.1, 0.15) is 24.8 Å². The molecule has 0 saturated heterocycles. The number of amides is 1. The van der Waals surface area contributed by atoms with Crippen LogP contribution in [0.3, 0.4) is 0 Å². The van der Waals surface area contributed by atoms with Gasteiger partial charge in [-0.1, -0.05) is 34.5 Å². The van der Waals surface area contributed by atoms with E-state index in [4.69, 9.17) is 0 Å². The van der Waals surface area contributed by atoms with Crippen molar-refractivity contribution >= 4 is 21.8 Å². The molecule has 0 aliphatic heterocycles. The maximum atomic E-state index is 12.0. The predicted octanol–water partition coefficient (Wildman–Crippen LogP) is 2.50. The van der Waals surface area contributed by atoms with E-state index in [-0.39, 0.29) is 5.91 Å². The highest BCUT2D eigenvalue weighted by molar-refractivity contribution is 9.10. The van der Waals surface area contributed by atoms with Crippen LogP contribution in [0.25, 0.3) is 0 Å². The van der Waals surface area contributed by atoms with Gasteiger partial charge in [-0.15, -0.1) is 0 Å². The molecule has 0 bridgehead atoms. The van der Waals surface area contributed by atoms with Gasteiger partial charge in [-0.05, 0) is 37.6 Å². The molecule has 1 fully saturated rings. The Morgan fingerprint density at radius 1 is 1.37 bits per heavy atom. The first-order valence-corrected chi connectivity index (χ1v) is 7.59. The van der Waals surface area contributed by atoms with Crippen molar-refractivity contribution in [3.05, 3.63) is 34.3 Å². The first kappa shape index (κ1) is 14.5. The molecule has 0 radical (unpaired) electrons. The largest absolute Gasteiger partial charge is 0.355 e. The standard InChI is InChI=1S/C15H21BrN2O/c1-17-10-15(6-3-7-15)11-18-14(19)9-12-4-2-5-13(16)8-12/h2,4-5,8,17H,3,6-7,9-11H2,1H3,(H,18,19). The third kappa shape index (κ3) is 4.05. The van der Waals surface area contributed by atoms with E-state index in [9.17, 15) is 4.79 Å². The monoisotopic (exact) mass is 324 g/mol. The van der Waals surface area contributed by atoms with Gasteiger partial charge in [0.2, 0.25) is 5.91 Å². The Morgan fingerprint density at radius 3 is 2.74 bits per heavy atom. The molecule has 0 unspecified atom stereocenters. The Hall–Kier alpha value is -0.870. The maximum absolute atomic E-state index is 12.0. The summed E-state index contributed by atoms with van der Waals surface area (Å²) in [5, 5.41) is 6.32. The summed E-state index contributed by atoms with van der Waals surface area (Å²) < 4.78 is 1.02. The van der Waals surface area contributed by atoms with E-state index < -0.39 is 0 Å². The Kier molecular flexibility index (Phi) is 4.99. The highest BCUT2D eigenvalue weighted by atomic mass is 79.9. The van der Waals surface area contributed by atoms with E-state index in [2.05, 4.69) is 26.6 Å². The minimum Gasteiger partial charge on any atom is -0.355 e.